The van der Waals surface area contributed by atoms with Gasteiger partial charge in [0.2, 0.25) is 0 Å². The van der Waals surface area contributed by atoms with Gasteiger partial charge < -0.3 is 4.74 Å². The van der Waals surface area contributed by atoms with E-state index in [9.17, 15) is 9.59 Å². The molecule has 2 aromatic carbocycles. The maximum Gasteiger partial charge on any atom is 0.315 e. The molecule has 3 atom stereocenters. The zero-order valence-corrected chi connectivity index (χ0v) is 21.6. The van der Waals surface area contributed by atoms with Crippen molar-refractivity contribution in [3.05, 3.63) is 81.0 Å². The molecule has 0 fully saturated rings. The first-order valence-electron chi connectivity index (χ1n) is 11.5. The second kappa shape index (κ2) is 11.1. The van der Waals surface area contributed by atoms with Gasteiger partial charge in [0.05, 0.1) is 0 Å². The molecule has 1 aliphatic carbocycles. The Kier molecular flexibility index (Phi) is 8.18. The molecule has 4 nitrogen and oxygen atoms in total. The van der Waals surface area contributed by atoms with Gasteiger partial charge in [-0.2, -0.15) is 11.8 Å². The molecule has 1 unspecified atom stereocenters. The molecule has 0 radical (unpaired) electrons. The normalized spacial score (nSPS) is 22.3. The molecule has 4 rings (SSSR count). The zero-order valence-electron chi connectivity index (χ0n) is 19.2. The Morgan fingerprint density at radius 3 is 2.56 bits per heavy atom. The number of ether oxygens (including phenoxy) is 1. The highest BCUT2D eigenvalue weighted by Crippen LogP contribution is 2.47. The summed E-state index contributed by atoms with van der Waals surface area (Å²) in [5, 5.41) is 1.23. The van der Waals surface area contributed by atoms with Crippen molar-refractivity contribution in [2.24, 2.45) is 10.9 Å². The third-order valence-corrected chi connectivity index (χ3v) is 7.72. The molecule has 0 N–H and O–H groups in total. The summed E-state index contributed by atoms with van der Waals surface area (Å²) < 4.78 is 5.63. The number of halogens is 2. The standard InChI is InChI=1S/C27H27Cl2NO3S/c1-3-34-12-11-33-27(32)24-16(2)30-22-14-19(17-7-9-20(28)10-8-17)15-23(31)26(22)25(24)18-5-4-6-21(29)13-18/h4-10,13,19,24-25H,3,11-12,14-15H2,1-2H3/t19-,24?,25+/m0/s1. The number of ketones is 1. The maximum atomic E-state index is 13.6. The molecule has 1 aliphatic heterocycles. The molecule has 0 spiro atoms. The topological polar surface area (TPSA) is 55.7 Å². The van der Waals surface area contributed by atoms with Gasteiger partial charge in [0.25, 0.3) is 0 Å². The van der Waals surface area contributed by atoms with Crippen LogP contribution >= 0.6 is 35.0 Å². The van der Waals surface area contributed by atoms with Crippen LogP contribution < -0.4 is 0 Å². The number of esters is 1. The number of rotatable bonds is 7. The average molecular weight is 516 g/mol. The molecule has 7 heteroatoms. The van der Waals surface area contributed by atoms with Crippen molar-refractivity contribution >= 4 is 52.4 Å². The summed E-state index contributed by atoms with van der Waals surface area (Å²) >= 11 is 14.1. The minimum absolute atomic E-state index is 0.0155. The first-order chi connectivity index (χ1) is 16.4. The van der Waals surface area contributed by atoms with Crippen LogP contribution in [0.15, 0.2) is 64.8 Å². The van der Waals surface area contributed by atoms with Crippen LogP contribution in [0.3, 0.4) is 0 Å². The molecule has 0 amide bonds. The van der Waals surface area contributed by atoms with E-state index in [0.717, 1.165) is 28.3 Å². The molecular weight excluding hydrogens is 489 g/mol. The van der Waals surface area contributed by atoms with Crippen molar-refractivity contribution in [2.45, 2.75) is 38.5 Å². The fraction of sp³-hybridized carbons (Fsp3) is 0.370. The van der Waals surface area contributed by atoms with Crippen LogP contribution in [-0.4, -0.2) is 35.6 Å². The van der Waals surface area contributed by atoms with Gasteiger partial charge in [0.1, 0.15) is 12.5 Å². The molecule has 34 heavy (non-hydrogen) atoms. The van der Waals surface area contributed by atoms with Crippen molar-refractivity contribution in [3.8, 4) is 0 Å². The number of aliphatic imine (C=N–C) groups is 1. The SMILES string of the molecule is CCSCCOC(=O)C1C(C)=NC2=C(C(=O)C[C@@H](c3ccc(Cl)cc3)C2)[C@@H]1c1cccc(Cl)c1. The lowest BCUT2D eigenvalue weighted by Gasteiger charge is -2.36. The number of Topliss-reactive ketones (excluding diaryl/α,β-unsaturated/α-hetero) is 1. The highest BCUT2D eigenvalue weighted by molar-refractivity contribution is 7.99. The van der Waals surface area contributed by atoms with Crippen molar-refractivity contribution in [2.75, 3.05) is 18.1 Å². The molecule has 2 aliphatic rings. The largest absolute Gasteiger partial charge is 0.464 e. The highest BCUT2D eigenvalue weighted by atomic mass is 35.5. The van der Waals surface area contributed by atoms with Crippen LogP contribution in [0.1, 0.15) is 49.7 Å². The van der Waals surface area contributed by atoms with Crippen molar-refractivity contribution in [1.29, 1.82) is 0 Å². The monoisotopic (exact) mass is 515 g/mol. The molecule has 1 heterocycles. The Morgan fingerprint density at radius 2 is 1.85 bits per heavy atom. The lowest BCUT2D eigenvalue weighted by Crippen LogP contribution is -2.38. The number of carbonyl (C=O) groups is 2. The van der Waals surface area contributed by atoms with E-state index in [1.807, 2.05) is 49.4 Å². The molecule has 178 valence electrons. The van der Waals surface area contributed by atoms with E-state index in [4.69, 9.17) is 32.9 Å². The number of carbonyl (C=O) groups excluding carboxylic acids is 2. The Hall–Kier alpha value is -2.08. The minimum Gasteiger partial charge on any atom is -0.464 e. The smallest absolute Gasteiger partial charge is 0.315 e. The number of hydrogen-bond acceptors (Lipinski definition) is 5. The molecule has 0 saturated heterocycles. The van der Waals surface area contributed by atoms with Gasteiger partial charge in [0.15, 0.2) is 5.78 Å². The van der Waals surface area contributed by atoms with Crippen LogP contribution in [0.5, 0.6) is 0 Å². The summed E-state index contributed by atoms with van der Waals surface area (Å²) in [6, 6.07) is 15.0. The van der Waals surface area contributed by atoms with Gasteiger partial charge >= 0.3 is 5.97 Å². The van der Waals surface area contributed by atoms with Crippen molar-refractivity contribution < 1.29 is 14.3 Å². The van der Waals surface area contributed by atoms with Crippen LogP contribution in [0.4, 0.5) is 0 Å². The Labute approximate surface area is 214 Å². The number of nitrogens with zero attached hydrogens (tertiary/aromatic N) is 1. The molecular formula is C27H27Cl2NO3S. The number of thioether (sulfide) groups is 1. The molecule has 0 aromatic heterocycles. The molecule has 2 aromatic rings. The third kappa shape index (κ3) is 5.42. The van der Waals surface area contributed by atoms with Gasteiger partial charge in [-0.05, 0) is 60.4 Å². The zero-order chi connectivity index (χ0) is 24.2. The van der Waals surface area contributed by atoms with Gasteiger partial charge in [-0.25, -0.2) is 0 Å². The minimum atomic E-state index is -0.653. The Morgan fingerprint density at radius 1 is 1.09 bits per heavy atom. The average Bonchev–Trinajstić information content (AvgIpc) is 2.81. The van der Waals surface area contributed by atoms with E-state index >= 15 is 0 Å². The van der Waals surface area contributed by atoms with E-state index in [2.05, 4.69) is 6.92 Å². The number of allylic oxidation sites excluding steroid dienone is 2. The van der Waals surface area contributed by atoms with E-state index in [1.165, 1.54) is 0 Å². The number of hydrogen-bond donors (Lipinski definition) is 0. The third-order valence-electron chi connectivity index (χ3n) is 6.37. The van der Waals surface area contributed by atoms with Crippen LogP contribution in [0.2, 0.25) is 10.0 Å². The Bertz CT molecular complexity index is 1140. The van der Waals surface area contributed by atoms with E-state index in [-0.39, 0.29) is 17.7 Å². The second-order valence-corrected chi connectivity index (χ2v) is 10.8. The summed E-state index contributed by atoms with van der Waals surface area (Å²) in [7, 11) is 0. The summed E-state index contributed by atoms with van der Waals surface area (Å²) in [5.74, 6) is 0.281. The van der Waals surface area contributed by atoms with Crippen LogP contribution in [0, 0.1) is 5.92 Å². The van der Waals surface area contributed by atoms with E-state index < -0.39 is 11.8 Å². The van der Waals surface area contributed by atoms with Crippen molar-refractivity contribution in [3.63, 3.8) is 0 Å². The summed E-state index contributed by atoms with van der Waals surface area (Å²) in [5.41, 5.74) is 3.93. The Balaban J connectivity index is 1.71. The summed E-state index contributed by atoms with van der Waals surface area (Å²) in [6.45, 7) is 4.26. The van der Waals surface area contributed by atoms with Gasteiger partial charge in [-0.3, -0.25) is 14.6 Å². The lowest BCUT2D eigenvalue weighted by molar-refractivity contribution is -0.145. The summed E-state index contributed by atoms with van der Waals surface area (Å²) in [4.78, 5) is 31.6. The molecule has 0 saturated carbocycles. The van der Waals surface area contributed by atoms with Crippen LogP contribution in [-0.2, 0) is 14.3 Å². The summed E-state index contributed by atoms with van der Waals surface area (Å²) in [6.07, 6.45) is 0.993. The number of benzene rings is 2. The maximum absolute atomic E-state index is 13.6. The molecule has 0 bridgehead atoms. The second-order valence-electron chi connectivity index (χ2n) is 8.57. The highest BCUT2D eigenvalue weighted by Gasteiger charge is 2.44. The quantitative estimate of drug-likeness (QED) is 0.298. The first kappa shape index (κ1) is 25.0. The van der Waals surface area contributed by atoms with E-state index in [0.29, 0.717) is 40.8 Å². The van der Waals surface area contributed by atoms with E-state index in [1.54, 1.807) is 17.8 Å². The predicted molar refractivity (Wildman–Crippen MR) is 140 cm³/mol. The fourth-order valence-corrected chi connectivity index (χ4v) is 5.65. The fourth-order valence-electron chi connectivity index (χ4n) is 4.83. The van der Waals surface area contributed by atoms with Crippen LogP contribution in [0.25, 0.3) is 0 Å². The lowest BCUT2D eigenvalue weighted by atomic mass is 9.69. The first-order valence-corrected chi connectivity index (χ1v) is 13.4. The van der Waals surface area contributed by atoms with Gasteiger partial charge in [-0.1, -0.05) is 54.4 Å². The van der Waals surface area contributed by atoms with Gasteiger partial charge in [-0.15, -0.1) is 0 Å². The van der Waals surface area contributed by atoms with Crippen molar-refractivity contribution in [1.82, 2.24) is 0 Å². The van der Waals surface area contributed by atoms with Gasteiger partial charge in [0, 0.05) is 45.1 Å². The predicted octanol–water partition coefficient (Wildman–Crippen LogP) is 6.86.